The van der Waals surface area contributed by atoms with Crippen LogP contribution in [0.25, 0.3) is 0 Å². The summed E-state index contributed by atoms with van der Waals surface area (Å²) in [4.78, 5) is 13.9. The first-order chi connectivity index (χ1) is 13.3. The minimum absolute atomic E-state index is 0.111. The third kappa shape index (κ3) is 5.04. The second-order valence-corrected chi connectivity index (χ2v) is 9.01. The molecule has 0 aromatic heterocycles. The Labute approximate surface area is 166 Å². The summed E-state index contributed by atoms with van der Waals surface area (Å²) in [5.74, 6) is 1.15. The Bertz CT molecular complexity index is 906. The summed E-state index contributed by atoms with van der Waals surface area (Å²) in [5, 5.41) is 0. The maximum Gasteiger partial charge on any atom is 0.261 e. The molecule has 2 aromatic carbocycles. The van der Waals surface area contributed by atoms with Crippen LogP contribution >= 0.6 is 0 Å². The number of nitrogens with zero attached hydrogens (tertiary/aromatic N) is 1. The van der Waals surface area contributed by atoms with E-state index < -0.39 is 10.0 Å². The number of carbonyl (C=O) groups is 1. The van der Waals surface area contributed by atoms with E-state index in [9.17, 15) is 13.2 Å². The highest BCUT2D eigenvalue weighted by molar-refractivity contribution is 7.92. The van der Waals surface area contributed by atoms with Gasteiger partial charge in [0.2, 0.25) is 5.91 Å². The Balaban J connectivity index is 1.67. The Kier molecular flexibility index (Phi) is 6.24. The second-order valence-electron chi connectivity index (χ2n) is 7.33. The summed E-state index contributed by atoms with van der Waals surface area (Å²) in [5.41, 5.74) is 1.24. The first kappa shape index (κ1) is 20.2. The van der Waals surface area contributed by atoms with Crippen molar-refractivity contribution in [2.24, 2.45) is 5.92 Å². The molecule has 6 nitrogen and oxygen atoms in total. The summed E-state index contributed by atoms with van der Waals surface area (Å²) < 4.78 is 33.4. The lowest BCUT2D eigenvalue weighted by Gasteiger charge is -2.26. The molecule has 1 amide bonds. The van der Waals surface area contributed by atoms with Crippen LogP contribution in [0.2, 0.25) is 0 Å². The van der Waals surface area contributed by atoms with Gasteiger partial charge in [-0.15, -0.1) is 0 Å². The average molecular weight is 403 g/mol. The predicted molar refractivity (Wildman–Crippen MR) is 110 cm³/mol. The molecule has 1 aliphatic heterocycles. The topological polar surface area (TPSA) is 75.7 Å². The van der Waals surface area contributed by atoms with Crippen molar-refractivity contribution in [3.05, 3.63) is 48.5 Å². The van der Waals surface area contributed by atoms with Crippen molar-refractivity contribution in [1.82, 2.24) is 0 Å². The third-order valence-corrected chi connectivity index (χ3v) is 5.87. The molecule has 0 atom stereocenters. The van der Waals surface area contributed by atoms with E-state index in [2.05, 4.69) is 18.6 Å². The van der Waals surface area contributed by atoms with Crippen molar-refractivity contribution in [2.75, 3.05) is 22.8 Å². The molecule has 1 N–H and O–H groups in total. The van der Waals surface area contributed by atoms with E-state index in [-0.39, 0.29) is 10.8 Å². The summed E-state index contributed by atoms with van der Waals surface area (Å²) in [6, 6.07) is 13.2. The molecule has 3 rings (SSSR count). The molecular formula is C21H26N2O4S. The van der Waals surface area contributed by atoms with Gasteiger partial charge in [0, 0.05) is 24.3 Å². The molecule has 0 spiro atoms. The van der Waals surface area contributed by atoms with Gasteiger partial charge < -0.3 is 9.64 Å². The Hall–Kier alpha value is -2.54. The van der Waals surface area contributed by atoms with Gasteiger partial charge in [-0.3, -0.25) is 9.52 Å². The zero-order valence-electron chi connectivity index (χ0n) is 16.2. The molecule has 0 saturated carbocycles. The SMILES string of the molecule is CC(C)COc1ccc(S(=O)(=O)Nc2ccc(N3CCCCC3=O)cc2)cc1. The fourth-order valence-electron chi connectivity index (χ4n) is 2.98. The summed E-state index contributed by atoms with van der Waals surface area (Å²) >= 11 is 0. The maximum absolute atomic E-state index is 12.6. The highest BCUT2D eigenvalue weighted by atomic mass is 32.2. The number of sulfonamides is 1. The van der Waals surface area contributed by atoms with Gasteiger partial charge in [-0.05, 0) is 67.3 Å². The number of ether oxygens (including phenoxy) is 1. The molecule has 1 aliphatic rings. The van der Waals surface area contributed by atoms with E-state index in [1.54, 1.807) is 41.3 Å². The molecule has 0 unspecified atom stereocenters. The highest BCUT2D eigenvalue weighted by Crippen LogP contribution is 2.24. The standard InChI is InChI=1S/C21H26N2O4S/c1-16(2)15-27-19-10-12-20(13-11-19)28(25,26)22-17-6-8-18(9-7-17)23-14-4-3-5-21(23)24/h6-13,16,22H,3-5,14-15H2,1-2H3. The summed E-state index contributed by atoms with van der Waals surface area (Å²) in [7, 11) is -3.70. The van der Waals surface area contributed by atoms with Crippen LogP contribution in [0.1, 0.15) is 33.1 Å². The van der Waals surface area contributed by atoms with Gasteiger partial charge >= 0.3 is 0 Å². The molecule has 150 valence electrons. The zero-order chi connectivity index (χ0) is 20.1. The first-order valence-corrected chi connectivity index (χ1v) is 11.0. The Morgan fingerprint density at radius 3 is 2.32 bits per heavy atom. The fraction of sp³-hybridized carbons (Fsp3) is 0.381. The van der Waals surface area contributed by atoms with E-state index in [1.807, 2.05) is 0 Å². The number of hydrogen-bond acceptors (Lipinski definition) is 4. The van der Waals surface area contributed by atoms with Crippen LogP contribution in [0.4, 0.5) is 11.4 Å². The van der Waals surface area contributed by atoms with Crippen molar-refractivity contribution >= 4 is 27.3 Å². The van der Waals surface area contributed by atoms with Crippen molar-refractivity contribution in [2.45, 2.75) is 38.0 Å². The Morgan fingerprint density at radius 1 is 1.04 bits per heavy atom. The number of benzene rings is 2. The molecule has 7 heteroatoms. The van der Waals surface area contributed by atoms with Crippen molar-refractivity contribution in [3.8, 4) is 5.75 Å². The first-order valence-electron chi connectivity index (χ1n) is 9.51. The summed E-state index contributed by atoms with van der Waals surface area (Å²) in [6.45, 7) is 5.38. The average Bonchev–Trinajstić information content (AvgIpc) is 2.67. The maximum atomic E-state index is 12.6. The Morgan fingerprint density at radius 2 is 1.71 bits per heavy atom. The van der Waals surface area contributed by atoms with Crippen molar-refractivity contribution in [1.29, 1.82) is 0 Å². The normalized spacial score (nSPS) is 15.0. The van der Waals surface area contributed by atoms with Gasteiger partial charge in [0.05, 0.1) is 11.5 Å². The van der Waals surface area contributed by atoms with E-state index in [0.29, 0.717) is 36.9 Å². The largest absolute Gasteiger partial charge is 0.493 e. The van der Waals surface area contributed by atoms with E-state index >= 15 is 0 Å². The molecule has 1 heterocycles. The minimum Gasteiger partial charge on any atom is -0.493 e. The number of carbonyl (C=O) groups excluding carboxylic acids is 1. The lowest BCUT2D eigenvalue weighted by Crippen LogP contribution is -2.35. The number of amides is 1. The monoisotopic (exact) mass is 402 g/mol. The van der Waals surface area contributed by atoms with Gasteiger partial charge in [-0.25, -0.2) is 8.42 Å². The smallest absolute Gasteiger partial charge is 0.261 e. The molecule has 2 aromatic rings. The number of anilines is 2. The van der Waals surface area contributed by atoms with Crippen LogP contribution < -0.4 is 14.4 Å². The van der Waals surface area contributed by atoms with Gasteiger partial charge in [-0.2, -0.15) is 0 Å². The zero-order valence-corrected chi connectivity index (χ0v) is 17.0. The van der Waals surface area contributed by atoms with Gasteiger partial charge in [-0.1, -0.05) is 13.8 Å². The molecule has 28 heavy (non-hydrogen) atoms. The molecule has 0 bridgehead atoms. The molecule has 0 radical (unpaired) electrons. The van der Waals surface area contributed by atoms with Crippen LogP contribution in [-0.4, -0.2) is 27.5 Å². The minimum atomic E-state index is -3.70. The summed E-state index contributed by atoms with van der Waals surface area (Å²) in [6.07, 6.45) is 2.47. The third-order valence-electron chi connectivity index (χ3n) is 4.47. The van der Waals surface area contributed by atoms with Crippen LogP contribution in [0, 0.1) is 5.92 Å². The van der Waals surface area contributed by atoms with Crippen LogP contribution in [0.15, 0.2) is 53.4 Å². The quantitative estimate of drug-likeness (QED) is 0.758. The molecular weight excluding hydrogens is 376 g/mol. The highest BCUT2D eigenvalue weighted by Gasteiger charge is 2.20. The van der Waals surface area contributed by atoms with Crippen molar-refractivity contribution < 1.29 is 17.9 Å². The lowest BCUT2D eigenvalue weighted by atomic mass is 10.1. The number of nitrogens with one attached hydrogen (secondary N) is 1. The van der Waals surface area contributed by atoms with Crippen LogP contribution in [-0.2, 0) is 14.8 Å². The van der Waals surface area contributed by atoms with E-state index in [1.165, 1.54) is 12.1 Å². The van der Waals surface area contributed by atoms with Gasteiger partial charge in [0.1, 0.15) is 5.75 Å². The van der Waals surface area contributed by atoms with E-state index in [4.69, 9.17) is 4.74 Å². The van der Waals surface area contributed by atoms with Gasteiger partial charge in [0.25, 0.3) is 10.0 Å². The van der Waals surface area contributed by atoms with Gasteiger partial charge in [0.15, 0.2) is 0 Å². The number of hydrogen-bond donors (Lipinski definition) is 1. The number of piperidine rings is 1. The second kappa shape index (κ2) is 8.65. The van der Waals surface area contributed by atoms with Crippen molar-refractivity contribution in [3.63, 3.8) is 0 Å². The molecule has 1 saturated heterocycles. The van der Waals surface area contributed by atoms with Crippen LogP contribution in [0.3, 0.4) is 0 Å². The number of rotatable bonds is 7. The predicted octanol–water partition coefficient (Wildman–Crippen LogP) is 4.04. The van der Waals surface area contributed by atoms with E-state index in [0.717, 1.165) is 18.5 Å². The lowest BCUT2D eigenvalue weighted by molar-refractivity contribution is -0.119. The van der Waals surface area contributed by atoms with Crippen LogP contribution in [0.5, 0.6) is 5.75 Å². The fourth-order valence-corrected chi connectivity index (χ4v) is 4.04. The molecule has 1 fully saturated rings. The molecule has 0 aliphatic carbocycles.